The first kappa shape index (κ1) is 11.3. The molecular weight excluding hydrogens is 248 g/mol. The third-order valence-electron chi connectivity index (χ3n) is 3.01. The van der Waals surface area contributed by atoms with Crippen LogP contribution < -0.4 is 0 Å². The van der Waals surface area contributed by atoms with Gasteiger partial charge < -0.3 is 19.7 Å². The number of phenols is 1. The van der Waals surface area contributed by atoms with E-state index in [0.29, 0.717) is 10.9 Å². The highest BCUT2D eigenvalue weighted by Crippen LogP contribution is 2.36. The summed E-state index contributed by atoms with van der Waals surface area (Å²) in [6.07, 6.45) is 1.79. The number of nitrogens with one attached hydrogen (secondary N) is 1. The van der Waals surface area contributed by atoms with Gasteiger partial charge in [0.05, 0.1) is 0 Å². The minimum absolute atomic E-state index is 0.0569. The van der Waals surface area contributed by atoms with Crippen molar-refractivity contribution in [2.45, 2.75) is 6.92 Å². The molecule has 0 saturated carbocycles. The van der Waals surface area contributed by atoms with Crippen molar-refractivity contribution in [3.8, 4) is 17.0 Å². The molecule has 3 N–H and O–H groups in total. The first-order valence-electron chi connectivity index (χ1n) is 5.58. The third-order valence-corrected chi connectivity index (χ3v) is 3.01. The number of carbonyl (C=O) groups is 1. The first-order valence-corrected chi connectivity index (χ1v) is 5.58. The fourth-order valence-electron chi connectivity index (χ4n) is 2.08. The third kappa shape index (κ3) is 1.65. The molecule has 2 aromatic heterocycles. The van der Waals surface area contributed by atoms with Gasteiger partial charge in [-0.25, -0.2) is 4.79 Å². The van der Waals surface area contributed by atoms with Gasteiger partial charge in [0.15, 0.2) is 0 Å². The standard InChI is InChI=1S/C13H10N2O4/c1-6-5-14-8-3-2-7(12(16)11(6)8)9-4-10(13(17)18)19-15-9/h2-5,14,16H,1H3,(H,17,18). The van der Waals surface area contributed by atoms with Crippen LogP contribution in [0.15, 0.2) is 28.9 Å². The van der Waals surface area contributed by atoms with Gasteiger partial charge in [-0.2, -0.15) is 0 Å². The highest BCUT2D eigenvalue weighted by Gasteiger charge is 2.17. The maximum atomic E-state index is 10.8. The number of hydrogen-bond donors (Lipinski definition) is 3. The van der Waals surface area contributed by atoms with Gasteiger partial charge in [-0.05, 0) is 24.6 Å². The van der Waals surface area contributed by atoms with Crippen molar-refractivity contribution in [1.82, 2.24) is 10.1 Å². The number of fused-ring (bicyclic) bond motifs is 1. The van der Waals surface area contributed by atoms with Crippen LogP contribution in [0.25, 0.3) is 22.2 Å². The molecule has 19 heavy (non-hydrogen) atoms. The van der Waals surface area contributed by atoms with E-state index in [-0.39, 0.29) is 17.2 Å². The van der Waals surface area contributed by atoms with Crippen LogP contribution >= 0.6 is 0 Å². The van der Waals surface area contributed by atoms with Crippen molar-refractivity contribution in [3.63, 3.8) is 0 Å². The highest BCUT2D eigenvalue weighted by molar-refractivity contribution is 5.95. The number of hydrogen-bond acceptors (Lipinski definition) is 4. The number of carboxylic acid groups (broad SMARTS) is 1. The summed E-state index contributed by atoms with van der Waals surface area (Å²) < 4.78 is 4.69. The maximum Gasteiger partial charge on any atom is 0.374 e. The molecule has 0 spiro atoms. The number of nitrogens with zero attached hydrogens (tertiary/aromatic N) is 1. The zero-order chi connectivity index (χ0) is 13.6. The smallest absolute Gasteiger partial charge is 0.374 e. The highest BCUT2D eigenvalue weighted by atomic mass is 16.5. The van der Waals surface area contributed by atoms with Crippen LogP contribution in [-0.4, -0.2) is 26.3 Å². The van der Waals surface area contributed by atoms with E-state index in [0.717, 1.165) is 11.1 Å². The van der Waals surface area contributed by atoms with Crippen LogP contribution in [0.1, 0.15) is 16.1 Å². The lowest BCUT2D eigenvalue weighted by molar-refractivity contribution is 0.0652. The van der Waals surface area contributed by atoms with Crippen molar-refractivity contribution < 1.29 is 19.5 Å². The molecule has 0 amide bonds. The largest absolute Gasteiger partial charge is 0.507 e. The van der Waals surface area contributed by atoms with Crippen LogP contribution in [0.2, 0.25) is 0 Å². The van der Waals surface area contributed by atoms with E-state index in [2.05, 4.69) is 10.1 Å². The normalized spacial score (nSPS) is 11.0. The zero-order valence-corrected chi connectivity index (χ0v) is 9.97. The van der Waals surface area contributed by atoms with Crippen LogP contribution in [0, 0.1) is 6.92 Å². The average Bonchev–Trinajstić information content (AvgIpc) is 2.97. The molecule has 2 heterocycles. The molecule has 0 fully saturated rings. The number of aromatic hydroxyl groups is 1. The van der Waals surface area contributed by atoms with Gasteiger partial charge in [-0.15, -0.1) is 0 Å². The molecule has 6 heteroatoms. The lowest BCUT2D eigenvalue weighted by Crippen LogP contribution is -1.91. The van der Waals surface area contributed by atoms with Gasteiger partial charge in [0.25, 0.3) is 0 Å². The lowest BCUT2D eigenvalue weighted by atomic mass is 10.1. The number of carboxylic acids is 1. The Labute approximate surface area is 107 Å². The van der Waals surface area contributed by atoms with Gasteiger partial charge in [-0.3, -0.25) is 0 Å². The summed E-state index contributed by atoms with van der Waals surface area (Å²) in [5.41, 5.74) is 2.43. The molecule has 0 aliphatic heterocycles. The molecule has 0 atom stereocenters. The Bertz CT molecular complexity index is 785. The lowest BCUT2D eigenvalue weighted by Gasteiger charge is -2.02. The number of rotatable bonds is 2. The Morgan fingerprint density at radius 3 is 2.89 bits per heavy atom. The van der Waals surface area contributed by atoms with Crippen LogP contribution in [0.5, 0.6) is 5.75 Å². The molecule has 1 aromatic carbocycles. The first-order chi connectivity index (χ1) is 9.08. The monoisotopic (exact) mass is 258 g/mol. The topological polar surface area (TPSA) is 99.4 Å². The molecule has 0 aliphatic rings. The molecule has 6 nitrogen and oxygen atoms in total. The molecule has 0 unspecified atom stereocenters. The number of H-pyrrole nitrogens is 1. The Morgan fingerprint density at radius 1 is 1.42 bits per heavy atom. The molecule has 3 aromatic rings. The van der Waals surface area contributed by atoms with E-state index in [1.54, 1.807) is 18.3 Å². The van der Waals surface area contributed by atoms with Crippen LogP contribution in [-0.2, 0) is 0 Å². The van der Waals surface area contributed by atoms with Gasteiger partial charge in [0.1, 0.15) is 11.4 Å². The number of benzene rings is 1. The SMILES string of the molecule is Cc1c[nH]c2ccc(-c3cc(C(=O)O)on3)c(O)c12. The molecular formula is C13H10N2O4. The molecule has 0 radical (unpaired) electrons. The fourth-order valence-corrected chi connectivity index (χ4v) is 2.08. The summed E-state index contributed by atoms with van der Waals surface area (Å²) >= 11 is 0. The van der Waals surface area contributed by atoms with Crippen LogP contribution in [0.4, 0.5) is 0 Å². The summed E-state index contributed by atoms with van der Waals surface area (Å²) in [5, 5.41) is 23.4. The Hall–Kier alpha value is -2.76. The quantitative estimate of drug-likeness (QED) is 0.656. The van der Waals surface area contributed by atoms with Gasteiger partial charge >= 0.3 is 5.97 Å². The predicted molar refractivity (Wildman–Crippen MR) is 67.2 cm³/mol. The van der Waals surface area contributed by atoms with Crippen molar-refractivity contribution in [2.75, 3.05) is 0 Å². The van der Waals surface area contributed by atoms with Crippen molar-refractivity contribution in [1.29, 1.82) is 0 Å². The van der Waals surface area contributed by atoms with Crippen molar-refractivity contribution in [3.05, 3.63) is 35.7 Å². The van der Waals surface area contributed by atoms with Crippen molar-refractivity contribution in [2.24, 2.45) is 0 Å². The molecule has 0 saturated heterocycles. The van der Waals surface area contributed by atoms with Crippen LogP contribution in [0.3, 0.4) is 0 Å². The summed E-state index contributed by atoms with van der Waals surface area (Å²) in [6.45, 7) is 1.87. The van der Waals surface area contributed by atoms with Gasteiger partial charge in [-0.1, -0.05) is 5.16 Å². The molecule has 0 bridgehead atoms. The predicted octanol–water partition coefficient (Wildman–Crippen LogP) is 2.54. The molecule has 0 aliphatic carbocycles. The van der Waals surface area contributed by atoms with E-state index in [1.165, 1.54) is 6.07 Å². The number of aromatic carboxylic acids is 1. The van der Waals surface area contributed by atoms with E-state index in [9.17, 15) is 9.90 Å². The fraction of sp³-hybridized carbons (Fsp3) is 0.0769. The van der Waals surface area contributed by atoms with E-state index in [1.807, 2.05) is 6.92 Å². The minimum Gasteiger partial charge on any atom is -0.507 e. The second kappa shape index (κ2) is 3.88. The second-order valence-electron chi connectivity index (χ2n) is 4.24. The van der Waals surface area contributed by atoms with Crippen molar-refractivity contribution >= 4 is 16.9 Å². The number of phenolic OH excluding ortho intramolecular Hbond substituents is 1. The molecule has 96 valence electrons. The van der Waals surface area contributed by atoms with Gasteiger partial charge in [0, 0.05) is 28.7 Å². The summed E-state index contributed by atoms with van der Waals surface area (Å²) in [4.78, 5) is 13.8. The summed E-state index contributed by atoms with van der Waals surface area (Å²) in [6, 6.07) is 4.74. The number of aryl methyl sites for hydroxylation is 1. The summed E-state index contributed by atoms with van der Waals surface area (Å²) in [7, 11) is 0. The van der Waals surface area contributed by atoms with Gasteiger partial charge in [0.2, 0.25) is 5.76 Å². The zero-order valence-electron chi connectivity index (χ0n) is 9.97. The average molecular weight is 258 g/mol. The minimum atomic E-state index is -1.20. The number of aromatic amines is 1. The molecule has 3 rings (SSSR count). The van der Waals surface area contributed by atoms with E-state index in [4.69, 9.17) is 9.63 Å². The summed E-state index contributed by atoms with van der Waals surface area (Å²) in [5.74, 6) is -1.40. The maximum absolute atomic E-state index is 10.8. The Kier molecular flexibility index (Phi) is 2.31. The van der Waals surface area contributed by atoms with E-state index >= 15 is 0 Å². The second-order valence-corrected chi connectivity index (χ2v) is 4.24. The Morgan fingerprint density at radius 2 is 2.21 bits per heavy atom. The number of aromatic nitrogens is 2. The van der Waals surface area contributed by atoms with E-state index < -0.39 is 5.97 Å². The Balaban J connectivity index is 2.21.